The number of aromatic nitrogens is 1. The number of pyridine rings is 1. The van der Waals surface area contributed by atoms with Gasteiger partial charge < -0.3 is 5.73 Å². The Morgan fingerprint density at radius 3 is 2.50 bits per heavy atom. The lowest BCUT2D eigenvalue weighted by atomic mass is 10.1. The first-order valence-electron chi connectivity index (χ1n) is 3.79. The Morgan fingerprint density at radius 2 is 1.79 bits per heavy atom. The first-order chi connectivity index (χ1) is 6.63. The zero-order chi connectivity index (χ0) is 10.3. The average Bonchev–Trinajstić information content (AvgIpc) is 2.23. The van der Waals surface area contributed by atoms with Gasteiger partial charge in [0.25, 0.3) is 0 Å². The topological polar surface area (TPSA) is 38.9 Å². The van der Waals surface area contributed by atoms with Gasteiger partial charge in [0.05, 0.1) is 5.69 Å². The molecular weight excluding hydrogens is 193 g/mol. The van der Waals surface area contributed by atoms with E-state index in [9.17, 15) is 13.2 Å². The zero-order valence-electron chi connectivity index (χ0n) is 6.89. The highest BCUT2D eigenvalue weighted by atomic mass is 19.2. The lowest BCUT2D eigenvalue weighted by molar-refractivity contribution is 0.455. The van der Waals surface area contributed by atoms with Gasteiger partial charge in [0, 0.05) is 11.6 Å². The van der Waals surface area contributed by atoms with Crippen molar-refractivity contribution < 1.29 is 13.2 Å². The summed E-state index contributed by atoms with van der Waals surface area (Å²) in [6.45, 7) is 0. The maximum atomic E-state index is 13.1. The van der Waals surface area contributed by atoms with Crippen LogP contribution in [0, 0.1) is 17.5 Å². The molecule has 2 rings (SSSR count). The molecule has 0 saturated heterocycles. The van der Waals surface area contributed by atoms with Gasteiger partial charge in [-0.15, -0.1) is 0 Å². The highest BCUT2D eigenvalue weighted by molar-refractivity contribution is 5.90. The number of anilines is 1. The minimum atomic E-state index is -1.59. The predicted octanol–water partition coefficient (Wildman–Crippen LogP) is 2.23. The third kappa shape index (κ3) is 1.02. The van der Waals surface area contributed by atoms with Crippen molar-refractivity contribution >= 4 is 16.6 Å². The van der Waals surface area contributed by atoms with Crippen molar-refractivity contribution in [1.29, 1.82) is 0 Å². The summed E-state index contributed by atoms with van der Waals surface area (Å²) < 4.78 is 38.9. The van der Waals surface area contributed by atoms with Crippen LogP contribution in [0.15, 0.2) is 18.3 Å². The van der Waals surface area contributed by atoms with Crippen LogP contribution in [0.25, 0.3) is 10.9 Å². The van der Waals surface area contributed by atoms with Crippen LogP contribution in [0.4, 0.5) is 18.9 Å². The van der Waals surface area contributed by atoms with Crippen LogP contribution in [0.2, 0.25) is 0 Å². The number of nitrogens with two attached hydrogens (primary N) is 1. The number of hydrogen-bond donors (Lipinski definition) is 1. The highest BCUT2D eigenvalue weighted by Crippen LogP contribution is 2.27. The van der Waals surface area contributed by atoms with E-state index >= 15 is 0 Å². The molecule has 0 radical (unpaired) electrons. The molecule has 2 nitrogen and oxygen atoms in total. The van der Waals surface area contributed by atoms with Gasteiger partial charge in [-0.3, -0.25) is 4.98 Å². The van der Waals surface area contributed by atoms with Gasteiger partial charge in [-0.2, -0.15) is 0 Å². The van der Waals surface area contributed by atoms with Crippen LogP contribution in [0.1, 0.15) is 0 Å². The molecule has 0 bridgehead atoms. The van der Waals surface area contributed by atoms with Gasteiger partial charge in [0.2, 0.25) is 0 Å². The van der Waals surface area contributed by atoms with E-state index in [0.717, 1.165) is 0 Å². The standard InChI is InChI=1S/C9H5F3N2/c10-5-6(11)8(13)4-2-1-3-14-9(4)7(5)12/h1-3H,13H2. The van der Waals surface area contributed by atoms with Gasteiger partial charge >= 0.3 is 0 Å². The van der Waals surface area contributed by atoms with Gasteiger partial charge in [0.15, 0.2) is 17.5 Å². The molecule has 14 heavy (non-hydrogen) atoms. The molecule has 0 aliphatic rings. The van der Waals surface area contributed by atoms with E-state index in [4.69, 9.17) is 5.73 Å². The summed E-state index contributed by atoms with van der Waals surface area (Å²) in [5, 5.41) is 0.0731. The summed E-state index contributed by atoms with van der Waals surface area (Å²) in [6.07, 6.45) is 1.28. The Hall–Kier alpha value is -1.78. The minimum Gasteiger partial charge on any atom is -0.396 e. The van der Waals surface area contributed by atoms with Crippen LogP contribution in [-0.2, 0) is 0 Å². The number of nitrogen functional groups attached to an aromatic ring is 1. The van der Waals surface area contributed by atoms with E-state index in [1.165, 1.54) is 18.3 Å². The number of nitrogens with zero attached hydrogens (tertiary/aromatic N) is 1. The van der Waals surface area contributed by atoms with Crippen LogP contribution >= 0.6 is 0 Å². The molecule has 1 heterocycles. The van der Waals surface area contributed by atoms with Crippen molar-refractivity contribution in [2.45, 2.75) is 0 Å². The number of benzene rings is 1. The maximum Gasteiger partial charge on any atom is 0.198 e. The normalized spacial score (nSPS) is 10.8. The summed E-state index contributed by atoms with van der Waals surface area (Å²) >= 11 is 0. The molecule has 5 heteroatoms. The Bertz CT molecular complexity index is 464. The van der Waals surface area contributed by atoms with Crippen LogP contribution in [0.3, 0.4) is 0 Å². The summed E-state index contributed by atoms with van der Waals surface area (Å²) in [4.78, 5) is 3.58. The molecule has 72 valence electrons. The molecule has 0 spiro atoms. The molecule has 1 aromatic carbocycles. The molecule has 0 saturated carbocycles. The molecule has 0 aliphatic heterocycles. The molecule has 0 unspecified atom stereocenters. The van der Waals surface area contributed by atoms with Gasteiger partial charge in [-0.25, -0.2) is 13.2 Å². The van der Waals surface area contributed by atoms with E-state index < -0.39 is 23.1 Å². The molecule has 1 aromatic heterocycles. The summed E-state index contributed by atoms with van der Waals surface area (Å²) in [5.74, 6) is -4.27. The third-order valence-electron chi connectivity index (χ3n) is 1.93. The number of halogens is 3. The Labute approximate surface area is 77.2 Å². The molecule has 0 fully saturated rings. The first kappa shape index (κ1) is 8.80. The smallest absolute Gasteiger partial charge is 0.198 e. The monoisotopic (exact) mass is 198 g/mol. The summed E-state index contributed by atoms with van der Waals surface area (Å²) in [5.41, 5.74) is 4.58. The Morgan fingerprint density at radius 1 is 1.07 bits per heavy atom. The fourth-order valence-electron chi connectivity index (χ4n) is 1.23. The van der Waals surface area contributed by atoms with E-state index in [0.29, 0.717) is 0 Å². The average molecular weight is 198 g/mol. The van der Waals surface area contributed by atoms with Gasteiger partial charge in [-0.1, -0.05) is 0 Å². The van der Waals surface area contributed by atoms with E-state index in [1.54, 1.807) is 0 Å². The number of rotatable bonds is 0. The van der Waals surface area contributed by atoms with Crippen molar-refractivity contribution in [3.63, 3.8) is 0 Å². The summed E-state index contributed by atoms with van der Waals surface area (Å²) in [6, 6.07) is 2.85. The molecule has 2 N–H and O–H groups in total. The van der Waals surface area contributed by atoms with E-state index in [1.807, 2.05) is 0 Å². The Kier molecular flexibility index (Phi) is 1.80. The second kappa shape index (κ2) is 2.87. The minimum absolute atomic E-state index is 0.0731. The van der Waals surface area contributed by atoms with Crippen LogP contribution < -0.4 is 5.73 Å². The first-order valence-corrected chi connectivity index (χ1v) is 3.79. The van der Waals surface area contributed by atoms with Crippen molar-refractivity contribution in [2.24, 2.45) is 0 Å². The zero-order valence-corrected chi connectivity index (χ0v) is 6.89. The molecular formula is C9H5F3N2. The lowest BCUT2D eigenvalue weighted by Crippen LogP contribution is -2.01. The second-order valence-corrected chi connectivity index (χ2v) is 2.76. The lowest BCUT2D eigenvalue weighted by Gasteiger charge is -2.04. The van der Waals surface area contributed by atoms with Crippen molar-refractivity contribution in [1.82, 2.24) is 4.98 Å². The molecule has 2 aromatic rings. The second-order valence-electron chi connectivity index (χ2n) is 2.76. The maximum absolute atomic E-state index is 13.1. The molecule has 0 aliphatic carbocycles. The largest absolute Gasteiger partial charge is 0.396 e. The fourth-order valence-corrected chi connectivity index (χ4v) is 1.23. The number of fused-ring (bicyclic) bond motifs is 1. The SMILES string of the molecule is Nc1c(F)c(F)c(F)c2ncccc12. The van der Waals surface area contributed by atoms with Crippen LogP contribution in [0.5, 0.6) is 0 Å². The van der Waals surface area contributed by atoms with E-state index in [-0.39, 0.29) is 10.9 Å². The fraction of sp³-hybridized carbons (Fsp3) is 0. The van der Waals surface area contributed by atoms with Crippen LogP contribution in [-0.4, -0.2) is 4.98 Å². The van der Waals surface area contributed by atoms with E-state index in [2.05, 4.69) is 4.98 Å². The molecule has 0 amide bonds. The Balaban J connectivity index is 3.02. The number of hydrogen-bond acceptors (Lipinski definition) is 2. The quantitative estimate of drug-likeness (QED) is 0.520. The highest BCUT2D eigenvalue weighted by Gasteiger charge is 2.18. The van der Waals surface area contributed by atoms with Gasteiger partial charge in [0.1, 0.15) is 5.52 Å². The van der Waals surface area contributed by atoms with Crippen molar-refractivity contribution in [3.8, 4) is 0 Å². The summed E-state index contributed by atoms with van der Waals surface area (Å²) in [7, 11) is 0. The third-order valence-corrected chi connectivity index (χ3v) is 1.93. The van der Waals surface area contributed by atoms with Crippen molar-refractivity contribution in [2.75, 3.05) is 5.73 Å². The van der Waals surface area contributed by atoms with Crippen molar-refractivity contribution in [3.05, 3.63) is 35.8 Å². The molecule has 0 atom stereocenters. The van der Waals surface area contributed by atoms with Gasteiger partial charge in [-0.05, 0) is 12.1 Å². The predicted molar refractivity (Wildman–Crippen MR) is 46.0 cm³/mol.